The number of nitrogens with zero attached hydrogens (tertiary/aromatic N) is 13. The summed E-state index contributed by atoms with van der Waals surface area (Å²) in [5.41, 5.74) is 17.2. The minimum Gasteiger partial charge on any atom is -0.508 e. The van der Waals surface area contributed by atoms with Crippen LogP contribution >= 0.6 is 12.4 Å². The smallest absolute Gasteiger partial charge is 0.248 e. The van der Waals surface area contributed by atoms with Crippen molar-refractivity contribution in [3.05, 3.63) is 89.6 Å². The molecule has 0 unspecified atom stereocenters. The van der Waals surface area contributed by atoms with Crippen LogP contribution in [0.5, 0.6) is 5.75 Å². The second-order valence-electron chi connectivity index (χ2n) is 20.2. The number of H-pyrrole nitrogens is 1. The zero-order valence-electron chi connectivity index (χ0n) is 45.2. The fourth-order valence-electron chi connectivity index (χ4n) is 9.59. The van der Waals surface area contributed by atoms with Gasteiger partial charge in [0, 0.05) is 76.5 Å². The summed E-state index contributed by atoms with van der Waals surface area (Å²) in [7, 11) is 0. The van der Waals surface area contributed by atoms with E-state index in [2.05, 4.69) is 73.5 Å². The molecule has 0 aliphatic carbocycles. The molecule has 2 saturated heterocycles. The van der Waals surface area contributed by atoms with Gasteiger partial charge in [0.2, 0.25) is 29.7 Å². The van der Waals surface area contributed by atoms with Crippen molar-refractivity contribution in [1.82, 2.24) is 59.7 Å². The van der Waals surface area contributed by atoms with Crippen LogP contribution in [0.4, 0.5) is 17.8 Å². The molecule has 0 bridgehead atoms. The molecule has 78 heavy (non-hydrogen) atoms. The Labute approximate surface area is 462 Å². The van der Waals surface area contributed by atoms with Crippen molar-refractivity contribution >= 4 is 53.0 Å². The van der Waals surface area contributed by atoms with E-state index in [9.17, 15) is 14.7 Å². The van der Waals surface area contributed by atoms with Gasteiger partial charge in [0.15, 0.2) is 0 Å². The third-order valence-corrected chi connectivity index (χ3v) is 14.1. The Balaban J connectivity index is 0.00000882. The molecule has 6 aromatic rings. The van der Waals surface area contributed by atoms with E-state index in [4.69, 9.17) is 47.1 Å². The van der Waals surface area contributed by atoms with Gasteiger partial charge in [0.05, 0.1) is 68.9 Å². The van der Waals surface area contributed by atoms with Gasteiger partial charge < -0.3 is 60.7 Å². The first-order chi connectivity index (χ1) is 37.4. The predicted octanol–water partition coefficient (Wildman–Crippen LogP) is 4.12. The van der Waals surface area contributed by atoms with E-state index in [0.29, 0.717) is 140 Å². The van der Waals surface area contributed by atoms with E-state index in [1.54, 1.807) is 27.7 Å². The van der Waals surface area contributed by atoms with Crippen LogP contribution in [0, 0.1) is 24.2 Å². The normalized spacial score (nSPS) is 15.9. The largest absolute Gasteiger partial charge is 0.508 e. The highest BCUT2D eigenvalue weighted by atomic mass is 35.5. The number of nitrogens with one attached hydrogen (secondary N) is 2. The molecule has 0 radical (unpaired) electrons. The van der Waals surface area contributed by atoms with Crippen LogP contribution in [0.2, 0.25) is 0 Å². The van der Waals surface area contributed by atoms with Gasteiger partial charge in [-0.25, -0.2) is 9.36 Å². The number of aromatic amines is 1. The molecule has 0 spiro atoms. The summed E-state index contributed by atoms with van der Waals surface area (Å²) in [6.07, 6.45) is 11.2. The first kappa shape index (κ1) is 58.7. The Morgan fingerprint density at radius 3 is 1.97 bits per heavy atom. The van der Waals surface area contributed by atoms with Gasteiger partial charge in [-0.1, -0.05) is 80.8 Å². The molecule has 7 N–H and O–H groups in total. The third kappa shape index (κ3) is 15.6. The number of terminal acetylenes is 1. The molecule has 6 heterocycles. The average Bonchev–Trinajstić information content (AvgIpc) is 4.26. The summed E-state index contributed by atoms with van der Waals surface area (Å²) in [4.78, 5) is 55.4. The minimum absolute atomic E-state index is 0. The standard InChI is InChI=1S/C54H75N17O6.ClH/c1-6-25-75-27-29-77-30-28-76-26-16-57-52-59-53(68-21-17-66(18-22-68)50(73)48(34-41-33-40-10-8-9-11-45(40)58-41)70-35-46(62-64-70)43(55)31-37(3)4)61-54(60-52)69-23-19-67(20-24-69)51(74)49(38(5)7-2)71-36-47(63-65-71)44(56)32-39-12-14-42(72)15-13-39;/h1,8-15,33,35-38,43-44,48-49,58,72H,7,16-32,34,55-56H2,2-5H3,(H,57,59,60,61);1H/t38-,43-,44-,48-,49-;/m0./s1. The Kier molecular flexibility index (Phi) is 21.5. The molecule has 2 aliphatic rings. The summed E-state index contributed by atoms with van der Waals surface area (Å²) < 4.78 is 20.0. The molecule has 2 aliphatic heterocycles. The molecule has 8 rings (SSSR count). The SMILES string of the molecule is C#CCOCCOCCOCCNc1nc(N2CCN(C(=O)[C@H]([C@@H](C)CC)n3cc([C@@H](N)Cc4ccc(O)cc4)nn3)CC2)nc(N2CCN(C(=O)[C@H](Cc3cc4ccccc4[nH]3)n3cc([C@@H](N)CC(C)C)nn3)CC2)n1.Cl. The number of hydrogen-bond donors (Lipinski definition) is 5. The van der Waals surface area contributed by atoms with Crippen LogP contribution < -0.4 is 26.6 Å². The van der Waals surface area contributed by atoms with E-state index in [1.807, 2.05) is 59.3 Å². The number of carbonyl (C=O) groups is 2. The van der Waals surface area contributed by atoms with Crippen LogP contribution in [-0.2, 0) is 36.6 Å². The van der Waals surface area contributed by atoms with Crippen LogP contribution in [-0.4, -0.2) is 175 Å². The maximum atomic E-state index is 14.7. The lowest BCUT2D eigenvalue weighted by atomic mass is 9.97. The van der Waals surface area contributed by atoms with E-state index in [1.165, 1.54) is 0 Å². The van der Waals surface area contributed by atoms with Crippen molar-refractivity contribution in [2.24, 2.45) is 23.3 Å². The zero-order valence-corrected chi connectivity index (χ0v) is 46.0. The lowest BCUT2D eigenvalue weighted by Crippen LogP contribution is -2.52. The molecular formula is C54H76ClN17O6. The van der Waals surface area contributed by atoms with Gasteiger partial charge in [-0.2, -0.15) is 15.0 Å². The number of benzene rings is 2. The molecular weight excluding hydrogens is 1020 g/mol. The third-order valence-electron chi connectivity index (χ3n) is 14.1. The zero-order chi connectivity index (χ0) is 54.3. The van der Waals surface area contributed by atoms with Gasteiger partial charge in [-0.3, -0.25) is 9.59 Å². The Hall–Kier alpha value is -6.94. The number of piperazine rings is 2. The highest BCUT2D eigenvalue weighted by molar-refractivity contribution is 5.85. The number of para-hydroxylation sites is 1. The van der Waals surface area contributed by atoms with Gasteiger partial charge in [0.25, 0.3) is 0 Å². The van der Waals surface area contributed by atoms with Crippen molar-refractivity contribution < 1.29 is 28.9 Å². The van der Waals surface area contributed by atoms with Crippen molar-refractivity contribution in [2.75, 3.05) is 114 Å². The number of phenols is 1. The van der Waals surface area contributed by atoms with Gasteiger partial charge in [-0.15, -0.1) is 29.0 Å². The van der Waals surface area contributed by atoms with Crippen LogP contribution in [0.3, 0.4) is 0 Å². The molecule has 0 saturated carbocycles. The van der Waals surface area contributed by atoms with E-state index >= 15 is 0 Å². The Bertz CT molecular complexity index is 2820. The fraction of sp³-hybridized carbons (Fsp3) is 0.537. The number of rotatable bonds is 27. The number of ether oxygens (including phenoxy) is 3. The first-order valence-corrected chi connectivity index (χ1v) is 26.8. The number of halogens is 1. The summed E-state index contributed by atoms with van der Waals surface area (Å²) in [5.74, 6) is 4.17. The topological polar surface area (TPSA) is 275 Å². The maximum Gasteiger partial charge on any atom is 0.248 e. The Morgan fingerprint density at radius 2 is 1.35 bits per heavy atom. The van der Waals surface area contributed by atoms with E-state index < -0.39 is 18.1 Å². The van der Waals surface area contributed by atoms with Crippen molar-refractivity contribution in [3.63, 3.8) is 0 Å². The van der Waals surface area contributed by atoms with Gasteiger partial charge >= 0.3 is 0 Å². The van der Waals surface area contributed by atoms with Crippen molar-refractivity contribution in [2.45, 2.75) is 77.5 Å². The lowest BCUT2D eigenvalue weighted by molar-refractivity contribution is -0.137. The van der Waals surface area contributed by atoms with Gasteiger partial charge in [0.1, 0.15) is 24.4 Å². The molecule has 24 heteroatoms. The number of hydrogen-bond acceptors (Lipinski definition) is 18. The molecule has 2 amide bonds. The number of carbonyl (C=O) groups excluding carboxylic acids is 2. The van der Waals surface area contributed by atoms with Crippen molar-refractivity contribution in [3.8, 4) is 18.1 Å². The first-order valence-electron chi connectivity index (χ1n) is 26.8. The highest BCUT2D eigenvalue weighted by Crippen LogP contribution is 2.28. The molecule has 4 aromatic heterocycles. The number of phenolic OH excluding ortho intramolecular Hbond substituents is 1. The van der Waals surface area contributed by atoms with Crippen LogP contribution in [0.1, 0.15) is 87.3 Å². The molecule has 5 atom stereocenters. The number of aromatic nitrogens is 10. The number of amides is 2. The number of fused-ring (bicyclic) bond motifs is 1. The van der Waals surface area contributed by atoms with Crippen LogP contribution in [0.15, 0.2) is 67.0 Å². The number of aromatic hydroxyl groups is 1. The number of anilines is 3. The second-order valence-corrected chi connectivity index (χ2v) is 20.2. The summed E-state index contributed by atoms with van der Waals surface area (Å²) in [5, 5.41) is 31.9. The molecule has 2 aromatic carbocycles. The number of nitrogens with two attached hydrogens (primary N) is 2. The summed E-state index contributed by atoms with van der Waals surface area (Å²) in [6.45, 7) is 14.6. The second kappa shape index (κ2) is 28.6. The molecule has 420 valence electrons. The summed E-state index contributed by atoms with van der Waals surface area (Å²) >= 11 is 0. The maximum absolute atomic E-state index is 14.7. The fourth-order valence-corrected chi connectivity index (χ4v) is 9.59. The van der Waals surface area contributed by atoms with Crippen LogP contribution in [0.25, 0.3) is 10.9 Å². The van der Waals surface area contributed by atoms with E-state index in [0.717, 1.165) is 35.0 Å². The highest BCUT2D eigenvalue weighted by Gasteiger charge is 2.35. The minimum atomic E-state index is -0.663. The van der Waals surface area contributed by atoms with E-state index in [-0.39, 0.29) is 48.5 Å². The Morgan fingerprint density at radius 1 is 0.756 bits per heavy atom. The molecule has 2 fully saturated rings. The quantitative estimate of drug-likeness (QED) is 0.0359. The molecule has 23 nitrogen and oxygen atoms in total. The lowest BCUT2D eigenvalue weighted by Gasteiger charge is -2.38. The van der Waals surface area contributed by atoms with Gasteiger partial charge in [-0.05, 0) is 59.9 Å². The predicted molar refractivity (Wildman–Crippen MR) is 299 cm³/mol. The van der Waals surface area contributed by atoms with Crippen molar-refractivity contribution in [1.29, 1.82) is 0 Å². The summed E-state index contributed by atoms with van der Waals surface area (Å²) in [6, 6.07) is 15.1. The average molecular weight is 1090 g/mol. The monoisotopic (exact) mass is 1090 g/mol.